The van der Waals surface area contributed by atoms with Crippen molar-refractivity contribution in [3.8, 4) is 0 Å². The highest BCUT2D eigenvalue weighted by molar-refractivity contribution is 5.69. The SMILES string of the molecule is CCCCC(CC)(COC(=O)CCCCCC(C)C)COC(=O)CCCCCC(C)C. The molecule has 184 valence electrons. The average Bonchev–Trinajstić information content (AvgIpc) is 2.72. The number of carbonyl (C=O) groups is 2. The van der Waals surface area contributed by atoms with Crippen LogP contribution in [0.1, 0.15) is 131 Å². The molecule has 31 heavy (non-hydrogen) atoms. The maximum Gasteiger partial charge on any atom is 0.305 e. The molecule has 0 aliphatic rings. The Morgan fingerprint density at radius 2 is 1.13 bits per heavy atom. The molecule has 0 amide bonds. The van der Waals surface area contributed by atoms with Gasteiger partial charge in [0.2, 0.25) is 0 Å². The van der Waals surface area contributed by atoms with Crippen LogP contribution in [0.25, 0.3) is 0 Å². The van der Waals surface area contributed by atoms with E-state index in [9.17, 15) is 9.59 Å². The van der Waals surface area contributed by atoms with E-state index in [-0.39, 0.29) is 17.4 Å². The number of hydrogen-bond donors (Lipinski definition) is 0. The van der Waals surface area contributed by atoms with Gasteiger partial charge in [0.1, 0.15) is 13.2 Å². The fourth-order valence-electron chi connectivity index (χ4n) is 3.73. The minimum absolute atomic E-state index is 0.115. The van der Waals surface area contributed by atoms with Gasteiger partial charge in [-0.25, -0.2) is 0 Å². The van der Waals surface area contributed by atoms with Crippen LogP contribution in [0.4, 0.5) is 0 Å². The van der Waals surface area contributed by atoms with Crippen LogP contribution >= 0.6 is 0 Å². The van der Waals surface area contributed by atoms with Crippen molar-refractivity contribution in [2.45, 2.75) is 131 Å². The molecule has 0 aliphatic carbocycles. The van der Waals surface area contributed by atoms with Crippen molar-refractivity contribution in [2.75, 3.05) is 13.2 Å². The molecular weight excluding hydrogens is 388 g/mol. The van der Waals surface area contributed by atoms with E-state index in [4.69, 9.17) is 9.47 Å². The largest absolute Gasteiger partial charge is 0.465 e. The fraction of sp³-hybridized carbons (Fsp3) is 0.926. The van der Waals surface area contributed by atoms with Crippen LogP contribution < -0.4 is 0 Å². The Bertz CT molecular complexity index is 422. The van der Waals surface area contributed by atoms with Crippen LogP contribution in [0, 0.1) is 17.3 Å². The molecular formula is C27H52O4. The van der Waals surface area contributed by atoms with Crippen LogP contribution in [-0.2, 0) is 19.1 Å². The van der Waals surface area contributed by atoms with E-state index in [1.807, 2.05) is 0 Å². The Labute approximate surface area is 193 Å². The van der Waals surface area contributed by atoms with Gasteiger partial charge in [-0.05, 0) is 37.5 Å². The van der Waals surface area contributed by atoms with Gasteiger partial charge in [0.15, 0.2) is 0 Å². The van der Waals surface area contributed by atoms with Crippen molar-refractivity contribution in [3.63, 3.8) is 0 Å². The second-order valence-electron chi connectivity index (χ2n) is 10.3. The van der Waals surface area contributed by atoms with E-state index in [0.717, 1.165) is 63.2 Å². The first-order valence-corrected chi connectivity index (χ1v) is 13.1. The molecule has 4 nitrogen and oxygen atoms in total. The quantitative estimate of drug-likeness (QED) is 0.143. The highest BCUT2D eigenvalue weighted by atomic mass is 16.5. The predicted octanol–water partition coefficient (Wildman–Crippen LogP) is 7.87. The summed E-state index contributed by atoms with van der Waals surface area (Å²) in [7, 11) is 0. The van der Waals surface area contributed by atoms with Gasteiger partial charge in [-0.3, -0.25) is 9.59 Å². The van der Waals surface area contributed by atoms with Gasteiger partial charge < -0.3 is 9.47 Å². The van der Waals surface area contributed by atoms with Crippen molar-refractivity contribution in [1.82, 2.24) is 0 Å². The summed E-state index contributed by atoms with van der Waals surface area (Å²) in [5, 5.41) is 0. The lowest BCUT2D eigenvalue weighted by atomic mass is 9.81. The summed E-state index contributed by atoms with van der Waals surface area (Å²) in [5.74, 6) is 1.21. The Hall–Kier alpha value is -1.06. The van der Waals surface area contributed by atoms with Crippen LogP contribution in [-0.4, -0.2) is 25.2 Å². The highest BCUT2D eigenvalue weighted by Gasteiger charge is 2.31. The second kappa shape index (κ2) is 18.5. The standard InChI is InChI=1S/C27H52O4/c1-7-9-20-27(8-2,21-30-25(28)18-14-10-12-16-23(3)4)22-31-26(29)19-15-11-13-17-24(5)6/h23-24H,7-22H2,1-6H3. The molecule has 4 heteroatoms. The first kappa shape index (κ1) is 29.9. The predicted molar refractivity (Wildman–Crippen MR) is 130 cm³/mol. The van der Waals surface area contributed by atoms with E-state index in [0.29, 0.717) is 26.1 Å². The summed E-state index contributed by atoms with van der Waals surface area (Å²) in [6, 6.07) is 0. The smallest absolute Gasteiger partial charge is 0.305 e. The summed E-state index contributed by atoms with van der Waals surface area (Å²) in [6.07, 6.45) is 13.6. The van der Waals surface area contributed by atoms with Crippen molar-refractivity contribution in [3.05, 3.63) is 0 Å². The molecule has 0 atom stereocenters. The van der Waals surface area contributed by atoms with E-state index >= 15 is 0 Å². The first-order chi connectivity index (χ1) is 14.7. The van der Waals surface area contributed by atoms with Crippen molar-refractivity contribution >= 4 is 11.9 Å². The normalized spacial score (nSPS) is 11.9. The number of esters is 2. The zero-order valence-electron chi connectivity index (χ0n) is 21.6. The molecule has 0 N–H and O–H groups in total. The van der Waals surface area contributed by atoms with E-state index in [2.05, 4.69) is 41.5 Å². The summed E-state index contributed by atoms with van der Waals surface area (Å²) in [6.45, 7) is 13.9. The Kier molecular flexibility index (Phi) is 17.9. The molecule has 0 radical (unpaired) electrons. The van der Waals surface area contributed by atoms with E-state index in [1.54, 1.807) is 0 Å². The Morgan fingerprint density at radius 1 is 0.677 bits per heavy atom. The van der Waals surface area contributed by atoms with Gasteiger partial charge in [0.05, 0.1) is 0 Å². The third-order valence-corrected chi connectivity index (χ3v) is 6.21. The molecule has 0 aromatic heterocycles. The Morgan fingerprint density at radius 3 is 1.48 bits per heavy atom. The zero-order chi connectivity index (χ0) is 23.5. The average molecular weight is 441 g/mol. The summed E-state index contributed by atoms with van der Waals surface area (Å²) < 4.78 is 11.3. The number of hydrogen-bond acceptors (Lipinski definition) is 4. The van der Waals surface area contributed by atoms with Crippen molar-refractivity contribution in [2.24, 2.45) is 17.3 Å². The first-order valence-electron chi connectivity index (χ1n) is 13.1. The lowest BCUT2D eigenvalue weighted by Gasteiger charge is -2.31. The number of carbonyl (C=O) groups excluding carboxylic acids is 2. The number of unbranched alkanes of at least 4 members (excludes halogenated alkanes) is 5. The third kappa shape index (κ3) is 17.2. The molecule has 0 spiro atoms. The minimum atomic E-state index is -0.253. The van der Waals surface area contributed by atoms with E-state index in [1.165, 1.54) is 25.7 Å². The summed E-state index contributed by atoms with van der Waals surface area (Å²) in [4.78, 5) is 24.5. The molecule has 0 aliphatic heterocycles. The van der Waals surface area contributed by atoms with Crippen molar-refractivity contribution in [1.29, 1.82) is 0 Å². The van der Waals surface area contributed by atoms with Crippen LogP contribution in [0.3, 0.4) is 0 Å². The molecule has 0 bridgehead atoms. The lowest BCUT2D eigenvalue weighted by molar-refractivity contribution is -0.155. The van der Waals surface area contributed by atoms with Crippen LogP contribution in [0.15, 0.2) is 0 Å². The van der Waals surface area contributed by atoms with Gasteiger partial charge in [0.25, 0.3) is 0 Å². The van der Waals surface area contributed by atoms with Gasteiger partial charge >= 0.3 is 11.9 Å². The van der Waals surface area contributed by atoms with Gasteiger partial charge in [-0.2, -0.15) is 0 Å². The molecule has 0 saturated carbocycles. The maximum absolute atomic E-state index is 12.2. The molecule has 0 rings (SSSR count). The zero-order valence-corrected chi connectivity index (χ0v) is 21.6. The fourth-order valence-corrected chi connectivity index (χ4v) is 3.73. The molecule has 0 saturated heterocycles. The summed E-state index contributed by atoms with van der Waals surface area (Å²) >= 11 is 0. The lowest BCUT2D eigenvalue weighted by Crippen LogP contribution is -2.34. The van der Waals surface area contributed by atoms with Gasteiger partial charge in [-0.15, -0.1) is 0 Å². The van der Waals surface area contributed by atoms with Crippen molar-refractivity contribution < 1.29 is 19.1 Å². The number of ether oxygens (including phenoxy) is 2. The molecule has 0 fully saturated rings. The van der Waals surface area contributed by atoms with Crippen LogP contribution in [0.2, 0.25) is 0 Å². The Balaban J connectivity index is 4.37. The molecule has 0 heterocycles. The number of rotatable bonds is 20. The maximum atomic E-state index is 12.2. The monoisotopic (exact) mass is 440 g/mol. The summed E-state index contributed by atoms with van der Waals surface area (Å²) in [5.41, 5.74) is -0.253. The third-order valence-electron chi connectivity index (χ3n) is 6.21. The molecule has 0 aromatic rings. The van der Waals surface area contributed by atoms with Crippen LogP contribution in [0.5, 0.6) is 0 Å². The highest BCUT2D eigenvalue weighted by Crippen LogP contribution is 2.30. The topological polar surface area (TPSA) is 52.6 Å². The minimum Gasteiger partial charge on any atom is -0.465 e. The van der Waals surface area contributed by atoms with Gasteiger partial charge in [0, 0.05) is 18.3 Å². The van der Waals surface area contributed by atoms with E-state index < -0.39 is 0 Å². The second-order valence-corrected chi connectivity index (χ2v) is 10.3. The molecule has 0 aromatic carbocycles. The molecule has 0 unspecified atom stereocenters. The van der Waals surface area contributed by atoms with Gasteiger partial charge in [-0.1, -0.05) is 92.9 Å².